The van der Waals surface area contributed by atoms with Gasteiger partial charge in [0.05, 0.1) is 0 Å². The lowest BCUT2D eigenvalue weighted by Crippen LogP contribution is -2.74. The Morgan fingerprint density at radius 3 is 1.42 bits per heavy atom. The predicted molar refractivity (Wildman–Crippen MR) is 86.5 cm³/mol. The van der Waals surface area contributed by atoms with Gasteiger partial charge in [0.1, 0.15) is 5.75 Å². The molecule has 0 saturated carbocycles. The van der Waals surface area contributed by atoms with Crippen molar-refractivity contribution in [2.45, 2.75) is 60.5 Å². The number of phenols is 1. The Morgan fingerprint density at radius 2 is 1.00 bits per heavy atom. The fourth-order valence-corrected chi connectivity index (χ4v) is 2.51. The maximum absolute atomic E-state index is 13.7. The maximum Gasteiger partial charge on any atom is 0.460 e. The van der Waals surface area contributed by atoms with Crippen LogP contribution in [-0.2, 0) is 0 Å². The number of anilines is 1. The number of halogens is 17. The lowest BCUT2D eigenvalue weighted by molar-refractivity contribution is -0.461. The molecule has 1 aromatic rings. The molecule has 1 rings (SSSR count). The van der Waals surface area contributed by atoms with Crippen molar-refractivity contribution < 1.29 is 79.7 Å². The Bertz CT molecular complexity index is 909. The number of benzene rings is 1. The van der Waals surface area contributed by atoms with Gasteiger partial charge in [0.2, 0.25) is 0 Å². The molecule has 0 saturated heterocycles. The summed E-state index contributed by atoms with van der Waals surface area (Å²) in [6.45, 7) is -0.830. The van der Waals surface area contributed by atoms with Gasteiger partial charge in [-0.15, -0.1) is 0 Å². The van der Waals surface area contributed by atoms with E-state index in [1.54, 1.807) is 0 Å². The molecule has 210 valence electrons. The van der Waals surface area contributed by atoms with E-state index in [-0.39, 0.29) is 5.69 Å². The number of nitrogens with one attached hydrogen (secondary N) is 1. The molecule has 0 fully saturated rings. The van der Waals surface area contributed by atoms with Gasteiger partial charge in [-0.1, -0.05) is 6.07 Å². The van der Waals surface area contributed by atoms with Crippen molar-refractivity contribution in [3.8, 4) is 5.75 Å². The second-order valence-electron chi connectivity index (χ2n) is 7.23. The molecule has 2 N–H and O–H groups in total. The first-order valence-corrected chi connectivity index (χ1v) is 8.96. The molecule has 0 radical (unpaired) electrons. The Labute approximate surface area is 189 Å². The number of aromatic hydroxyl groups is 1. The van der Waals surface area contributed by atoms with E-state index in [9.17, 15) is 74.6 Å². The average Bonchev–Trinajstić information content (AvgIpc) is 2.69. The van der Waals surface area contributed by atoms with Crippen molar-refractivity contribution in [3.05, 3.63) is 24.3 Å². The fraction of sp³-hybridized carbons (Fsp3) is 0.647. The summed E-state index contributed by atoms with van der Waals surface area (Å²) in [6, 6.07) is 4.41. The highest BCUT2D eigenvalue weighted by atomic mass is 19.4. The van der Waals surface area contributed by atoms with Crippen LogP contribution < -0.4 is 5.32 Å². The smallest absolute Gasteiger partial charge is 0.460 e. The third-order valence-corrected chi connectivity index (χ3v) is 4.63. The van der Waals surface area contributed by atoms with Crippen LogP contribution in [0.15, 0.2) is 24.3 Å². The van der Waals surface area contributed by atoms with Crippen LogP contribution in [0.2, 0.25) is 0 Å². The van der Waals surface area contributed by atoms with Crippen LogP contribution in [0.5, 0.6) is 5.75 Å². The van der Waals surface area contributed by atoms with Crippen LogP contribution in [-0.4, -0.2) is 59.3 Å². The van der Waals surface area contributed by atoms with Gasteiger partial charge >= 0.3 is 47.6 Å². The average molecular weight is 569 g/mol. The molecule has 0 heterocycles. The lowest BCUT2D eigenvalue weighted by atomic mass is 9.88. The van der Waals surface area contributed by atoms with Crippen LogP contribution in [0.1, 0.15) is 12.8 Å². The summed E-state index contributed by atoms with van der Waals surface area (Å²) in [5.74, 6) is -56.6. The molecule has 0 unspecified atom stereocenters. The molecular formula is C17H12F17NO. The van der Waals surface area contributed by atoms with Gasteiger partial charge < -0.3 is 10.4 Å². The number of hydrogen-bond donors (Lipinski definition) is 2. The minimum Gasteiger partial charge on any atom is -0.508 e. The minimum atomic E-state index is -8.63. The second kappa shape index (κ2) is 9.18. The Hall–Kier alpha value is -2.37. The monoisotopic (exact) mass is 569 g/mol. The van der Waals surface area contributed by atoms with Crippen molar-refractivity contribution >= 4 is 5.69 Å². The van der Waals surface area contributed by atoms with E-state index < -0.39 is 72.8 Å². The van der Waals surface area contributed by atoms with Gasteiger partial charge in [0.25, 0.3) is 0 Å². The summed E-state index contributed by atoms with van der Waals surface area (Å²) in [5.41, 5.74) is -0.0607. The van der Waals surface area contributed by atoms with Gasteiger partial charge in [-0.05, 0) is 18.6 Å². The predicted octanol–water partition coefficient (Wildman–Crippen LogP) is 7.59. The van der Waals surface area contributed by atoms with E-state index in [0.29, 0.717) is 0 Å². The molecule has 0 aliphatic carbocycles. The van der Waals surface area contributed by atoms with Crippen molar-refractivity contribution in [1.29, 1.82) is 0 Å². The first kappa shape index (κ1) is 31.7. The molecule has 2 nitrogen and oxygen atoms in total. The van der Waals surface area contributed by atoms with Gasteiger partial charge in [-0.25, -0.2) is 0 Å². The largest absolute Gasteiger partial charge is 0.508 e. The van der Waals surface area contributed by atoms with Crippen molar-refractivity contribution in [2.75, 3.05) is 11.9 Å². The highest BCUT2D eigenvalue weighted by Gasteiger charge is 2.95. The van der Waals surface area contributed by atoms with Crippen LogP contribution >= 0.6 is 0 Å². The summed E-state index contributed by atoms with van der Waals surface area (Å²) in [6.07, 6.45) is -11.6. The number of phenolic OH excluding ortho intramolecular Hbond substituents is 1. The molecule has 19 heteroatoms. The van der Waals surface area contributed by atoms with Crippen LogP contribution in [0, 0.1) is 0 Å². The molecule has 0 aliphatic heterocycles. The molecule has 0 spiro atoms. The zero-order valence-corrected chi connectivity index (χ0v) is 16.8. The topological polar surface area (TPSA) is 32.3 Å². The summed E-state index contributed by atoms with van der Waals surface area (Å²) < 4.78 is 224. The van der Waals surface area contributed by atoms with Gasteiger partial charge in [0, 0.05) is 24.7 Å². The SMILES string of the molecule is Oc1cccc(NCCCC(F)(F)C(F)(F)C(F)(F)C(F)(F)C(F)(F)C(F)(F)C(F)(F)C(F)(F)F)c1. The molecular weight excluding hydrogens is 557 g/mol. The van der Waals surface area contributed by atoms with Gasteiger partial charge in [-0.3, -0.25) is 0 Å². The Balaban J connectivity index is 3.24. The van der Waals surface area contributed by atoms with E-state index in [2.05, 4.69) is 5.32 Å². The standard InChI is InChI=1S/C17H12F17NO/c18-10(19,5-2-6-35-8-3-1-4-9(36)7-8)11(20,21)12(22,23)13(24,25)14(26,27)15(28,29)16(30,31)17(32,33)34/h1,3-4,7,35-36H,2,5-6H2. The first-order chi connectivity index (χ1) is 15.7. The summed E-state index contributed by atoms with van der Waals surface area (Å²) in [4.78, 5) is 0. The van der Waals surface area contributed by atoms with E-state index in [1.807, 2.05) is 0 Å². The van der Waals surface area contributed by atoms with Crippen LogP contribution in [0.4, 0.5) is 80.3 Å². The summed E-state index contributed by atoms with van der Waals surface area (Å²) >= 11 is 0. The third-order valence-electron chi connectivity index (χ3n) is 4.63. The van der Waals surface area contributed by atoms with Crippen LogP contribution in [0.25, 0.3) is 0 Å². The summed E-state index contributed by atoms with van der Waals surface area (Å²) in [5, 5.41) is 11.3. The van der Waals surface area contributed by atoms with Crippen molar-refractivity contribution in [3.63, 3.8) is 0 Å². The van der Waals surface area contributed by atoms with E-state index >= 15 is 0 Å². The van der Waals surface area contributed by atoms with E-state index in [0.717, 1.165) is 12.1 Å². The quantitative estimate of drug-likeness (QED) is 0.213. The molecule has 0 bridgehead atoms. The Kier molecular flexibility index (Phi) is 8.07. The molecule has 0 atom stereocenters. The van der Waals surface area contributed by atoms with E-state index in [1.165, 1.54) is 12.1 Å². The molecule has 1 aromatic carbocycles. The summed E-state index contributed by atoms with van der Waals surface area (Å²) in [7, 11) is 0. The fourth-order valence-electron chi connectivity index (χ4n) is 2.51. The van der Waals surface area contributed by atoms with Crippen LogP contribution in [0.3, 0.4) is 0 Å². The minimum absolute atomic E-state index is 0.0607. The molecule has 0 aromatic heterocycles. The highest BCUT2D eigenvalue weighted by Crippen LogP contribution is 2.64. The van der Waals surface area contributed by atoms with Crippen molar-refractivity contribution in [2.24, 2.45) is 0 Å². The number of alkyl halides is 17. The highest BCUT2D eigenvalue weighted by molar-refractivity contribution is 5.47. The molecule has 0 aliphatic rings. The number of rotatable bonds is 11. The molecule has 36 heavy (non-hydrogen) atoms. The van der Waals surface area contributed by atoms with Crippen molar-refractivity contribution in [1.82, 2.24) is 0 Å². The van der Waals surface area contributed by atoms with E-state index in [4.69, 9.17) is 5.11 Å². The third kappa shape index (κ3) is 4.80. The molecule has 0 amide bonds. The zero-order chi connectivity index (χ0) is 28.8. The van der Waals surface area contributed by atoms with Gasteiger partial charge in [-0.2, -0.15) is 74.6 Å². The number of hydrogen-bond acceptors (Lipinski definition) is 2. The first-order valence-electron chi connectivity index (χ1n) is 8.96. The lowest BCUT2D eigenvalue weighted by Gasteiger charge is -2.42. The normalized spacial score (nSPS) is 15.2. The maximum atomic E-state index is 13.7. The Morgan fingerprint density at radius 1 is 0.583 bits per heavy atom. The zero-order valence-electron chi connectivity index (χ0n) is 16.8. The second-order valence-corrected chi connectivity index (χ2v) is 7.23. The van der Waals surface area contributed by atoms with Gasteiger partial charge in [0.15, 0.2) is 0 Å².